The van der Waals surface area contributed by atoms with Crippen LogP contribution >= 0.6 is 11.3 Å². The Morgan fingerprint density at radius 2 is 1.76 bits per heavy atom. The Kier molecular flexibility index (Phi) is 6.83. The van der Waals surface area contributed by atoms with Crippen molar-refractivity contribution in [1.29, 1.82) is 0 Å². The second kappa shape index (κ2) is 9.62. The molecular weight excluding hydrogens is 460 g/mol. The molecule has 0 saturated carbocycles. The quantitative estimate of drug-likeness (QED) is 0.521. The number of nitrogens with one attached hydrogen (secondary N) is 1. The van der Waals surface area contributed by atoms with E-state index in [0.29, 0.717) is 23.4 Å². The van der Waals surface area contributed by atoms with Gasteiger partial charge >= 0.3 is 5.97 Å². The van der Waals surface area contributed by atoms with Gasteiger partial charge in [0.25, 0.3) is 0 Å². The molecule has 1 fully saturated rings. The Hall–Kier alpha value is -2.75. The van der Waals surface area contributed by atoms with E-state index in [-0.39, 0.29) is 36.4 Å². The van der Waals surface area contributed by atoms with Crippen molar-refractivity contribution in [2.45, 2.75) is 31.6 Å². The molecule has 1 aliphatic heterocycles. The third kappa shape index (κ3) is 4.80. The molecule has 2 heterocycles. The van der Waals surface area contributed by atoms with Crippen LogP contribution in [0.5, 0.6) is 0 Å². The van der Waals surface area contributed by atoms with Crippen LogP contribution in [0.1, 0.15) is 35.7 Å². The molecule has 4 rings (SSSR count). The van der Waals surface area contributed by atoms with Gasteiger partial charge in [-0.05, 0) is 44.9 Å². The lowest BCUT2D eigenvalue weighted by Crippen LogP contribution is -2.41. The number of aryl methyl sites for hydroxylation is 1. The Balaban J connectivity index is 1.47. The molecule has 0 atom stereocenters. The van der Waals surface area contributed by atoms with Gasteiger partial charge in [-0.15, -0.1) is 11.3 Å². The van der Waals surface area contributed by atoms with Crippen LogP contribution in [-0.2, 0) is 19.6 Å². The van der Waals surface area contributed by atoms with Crippen LogP contribution in [0.4, 0.5) is 5.00 Å². The SMILES string of the molecule is CCOC(=O)c1c(NC(=O)C2CCN(S(=O)(=O)c3ccc(C)cc3)CC2)sc2ccccc12. The number of anilines is 1. The van der Waals surface area contributed by atoms with E-state index in [1.807, 2.05) is 31.2 Å². The fourth-order valence-electron chi connectivity index (χ4n) is 3.97. The molecule has 0 aliphatic carbocycles. The van der Waals surface area contributed by atoms with Crippen molar-refractivity contribution in [2.24, 2.45) is 5.92 Å². The molecule has 1 N–H and O–H groups in total. The maximum absolute atomic E-state index is 13.0. The monoisotopic (exact) mass is 486 g/mol. The van der Waals surface area contributed by atoms with Crippen molar-refractivity contribution in [2.75, 3.05) is 25.0 Å². The minimum Gasteiger partial charge on any atom is -0.462 e. The average Bonchev–Trinajstić information content (AvgIpc) is 3.17. The molecule has 174 valence electrons. The van der Waals surface area contributed by atoms with Gasteiger partial charge in [0.15, 0.2) is 0 Å². The first-order chi connectivity index (χ1) is 15.8. The summed E-state index contributed by atoms with van der Waals surface area (Å²) >= 11 is 1.33. The predicted molar refractivity (Wildman–Crippen MR) is 129 cm³/mol. The molecule has 0 bridgehead atoms. The van der Waals surface area contributed by atoms with E-state index >= 15 is 0 Å². The van der Waals surface area contributed by atoms with Crippen LogP contribution < -0.4 is 5.32 Å². The average molecular weight is 487 g/mol. The number of fused-ring (bicyclic) bond motifs is 1. The summed E-state index contributed by atoms with van der Waals surface area (Å²) in [5.41, 5.74) is 1.36. The molecule has 0 unspecified atom stereocenters. The van der Waals surface area contributed by atoms with Gasteiger partial charge in [0.05, 0.1) is 11.5 Å². The normalized spacial score (nSPS) is 15.5. The summed E-state index contributed by atoms with van der Waals surface area (Å²) in [7, 11) is -3.59. The van der Waals surface area contributed by atoms with Gasteiger partial charge in [0.1, 0.15) is 10.6 Å². The number of ether oxygens (including phenoxy) is 1. The summed E-state index contributed by atoms with van der Waals surface area (Å²) in [4.78, 5) is 25.8. The Bertz CT molecular complexity index is 1270. The molecule has 1 amide bonds. The van der Waals surface area contributed by atoms with Crippen molar-refractivity contribution < 1.29 is 22.7 Å². The van der Waals surface area contributed by atoms with E-state index in [4.69, 9.17) is 4.74 Å². The van der Waals surface area contributed by atoms with Gasteiger partial charge in [0.2, 0.25) is 15.9 Å². The highest BCUT2D eigenvalue weighted by Gasteiger charge is 2.33. The number of rotatable bonds is 6. The molecule has 33 heavy (non-hydrogen) atoms. The zero-order chi connectivity index (χ0) is 23.6. The first-order valence-corrected chi connectivity index (χ1v) is 13.1. The number of carbonyl (C=O) groups is 2. The maximum Gasteiger partial charge on any atom is 0.341 e. The predicted octanol–water partition coefficient (Wildman–Crippen LogP) is 4.43. The summed E-state index contributed by atoms with van der Waals surface area (Å²) in [5.74, 6) is -1.02. The number of hydrogen-bond donors (Lipinski definition) is 1. The Labute approximate surface area is 197 Å². The van der Waals surface area contributed by atoms with Gasteiger partial charge in [-0.3, -0.25) is 4.79 Å². The molecule has 3 aromatic rings. The number of carbonyl (C=O) groups excluding carboxylic acids is 2. The van der Waals surface area contributed by atoms with E-state index in [1.54, 1.807) is 31.2 Å². The summed E-state index contributed by atoms with van der Waals surface area (Å²) in [6.07, 6.45) is 0.827. The number of nitrogens with zero attached hydrogens (tertiary/aromatic N) is 1. The van der Waals surface area contributed by atoms with E-state index in [0.717, 1.165) is 15.6 Å². The minimum atomic E-state index is -3.59. The molecular formula is C24H26N2O5S2. The van der Waals surface area contributed by atoms with Crippen LogP contribution in [0.25, 0.3) is 10.1 Å². The van der Waals surface area contributed by atoms with Gasteiger partial charge < -0.3 is 10.1 Å². The van der Waals surface area contributed by atoms with Crippen LogP contribution in [0.3, 0.4) is 0 Å². The lowest BCUT2D eigenvalue weighted by Gasteiger charge is -2.30. The lowest BCUT2D eigenvalue weighted by atomic mass is 9.97. The van der Waals surface area contributed by atoms with E-state index in [2.05, 4.69) is 5.32 Å². The number of thiophene rings is 1. The minimum absolute atomic E-state index is 0.209. The number of hydrogen-bond acceptors (Lipinski definition) is 6. The largest absolute Gasteiger partial charge is 0.462 e. The van der Waals surface area contributed by atoms with E-state index in [9.17, 15) is 18.0 Å². The Morgan fingerprint density at radius 1 is 1.09 bits per heavy atom. The van der Waals surface area contributed by atoms with Crippen LogP contribution in [-0.4, -0.2) is 44.3 Å². The number of piperidine rings is 1. The molecule has 0 radical (unpaired) electrons. The van der Waals surface area contributed by atoms with Gasteiger partial charge in [0, 0.05) is 29.1 Å². The first kappa shape index (κ1) is 23.4. The van der Waals surface area contributed by atoms with Crippen molar-refractivity contribution in [1.82, 2.24) is 4.31 Å². The highest BCUT2D eigenvalue weighted by Crippen LogP contribution is 2.37. The van der Waals surface area contributed by atoms with E-state index < -0.39 is 16.0 Å². The summed E-state index contributed by atoms with van der Waals surface area (Å²) in [5, 5.41) is 4.12. The molecule has 0 spiro atoms. The summed E-state index contributed by atoms with van der Waals surface area (Å²) in [6, 6.07) is 14.2. The topological polar surface area (TPSA) is 92.8 Å². The second-order valence-corrected chi connectivity index (χ2v) is 11.0. The molecule has 1 aromatic heterocycles. The third-order valence-electron chi connectivity index (χ3n) is 5.80. The standard InChI is InChI=1S/C24H26N2O5S2/c1-3-31-24(28)21-19-6-4-5-7-20(19)32-23(21)25-22(27)17-12-14-26(15-13-17)33(29,30)18-10-8-16(2)9-11-18/h4-11,17H,3,12-15H2,1-2H3,(H,25,27). The van der Waals surface area contributed by atoms with Gasteiger partial charge in [-0.2, -0.15) is 4.31 Å². The summed E-state index contributed by atoms with van der Waals surface area (Å²) < 4.78 is 33.4. The zero-order valence-electron chi connectivity index (χ0n) is 18.5. The number of benzene rings is 2. The van der Waals surface area contributed by atoms with Crippen LogP contribution in [0.2, 0.25) is 0 Å². The van der Waals surface area contributed by atoms with Crippen LogP contribution in [0, 0.1) is 12.8 Å². The van der Waals surface area contributed by atoms with Crippen LogP contribution in [0.15, 0.2) is 53.4 Å². The number of amides is 1. The fraction of sp³-hybridized carbons (Fsp3) is 0.333. The van der Waals surface area contributed by atoms with Crippen molar-refractivity contribution >= 4 is 48.3 Å². The number of esters is 1. The van der Waals surface area contributed by atoms with Crippen molar-refractivity contribution in [3.05, 3.63) is 59.7 Å². The maximum atomic E-state index is 13.0. The van der Waals surface area contributed by atoms with Crippen molar-refractivity contribution in [3.63, 3.8) is 0 Å². The van der Waals surface area contributed by atoms with Gasteiger partial charge in [-0.25, -0.2) is 13.2 Å². The lowest BCUT2D eigenvalue weighted by molar-refractivity contribution is -0.120. The smallest absolute Gasteiger partial charge is 0.341 e. The Morgan fingerprint density at radius 3 is 2.42 bits per heavy atom. The third-order valence-corrected chi connectivity index (χ3v) is 8.79. The second-order valence-electron chi connectivity index (χ2n) is 8.00. The zero-order valence-corrected chi connectivity index (χ0v) is 20.2. The molecule has 9 heteroatoms. The molecule has 2 aromatic carbocycles. The first-order valence-electron chi connectivity index (χ1n) is 10.9. The summed E-state index contributed by atoms with van der Waals surface area (Å²) in [6.45, 7) is 4.43. The fourth-order valence-corrected chi connectivity index (χ4v) is 6.53. The van der Waals surface area contributed by atoms with Crippen molar-refractivity contribution in [3.8, 4) is 0 Å². The van der Waals surface area contributed by atoms with E-state index in [1.165, 1.54) is 15.6 Å². The number of sulfonamides is 1. The highest BCUT2D eigenvalue weighted by atomic mass is 32.2. The molecule has 7 nitrogen and oxygen atoms in total. The molecule has 1 saturated heterocycles. The van der Waals surface area contributed by atoms with Gasteiger partial charge in [-0.1, -0.05) is 35.9 Å². The highest BCUT2D eigenvalue weighted by molar-refractivity contribution is 7.89. The molecule has 1 aliphatic rings.